The van der Waals surface area contributed by atoms with Crippen LogP contribution in [-0.4, -0.2) is 45.8 Å². The number of thiophene rings is 1. The van der Waals surface area contributed by atoms with Crippen molar-refractivity contribution in [3.8, 4) is 5.75 Å². The molecule has 0 bridgehead atoms. The number of methoxy groups -OCH3 is 1. The van der Waals surface area contributed by atoms with Crippen LogP contribution in [0.4, 0.5) is 0 Å². The largest absolute Gasteiger partial charge is 0.496 e. The van der Waals surface area contributed by atoms with E-state index in [0.717, 1.165) is 53.1 Å². The van der Waals surface area contributed by atoms with Crippen LogP contribution in [0, 0.1) is 0 Å². The highest BCUT2D eigenvalue weighted by atomic mass is 32.1. The Morgan fingerprint density at radius 1 is 1.25 bits per heavy atom. The third kappa shape index (κ3) is 3.99. The molecule has 7 nitrogen and oxygen atoms in total. The van der Waals surface area contributed by atoms with Crippen molar-refractivity contribution in [3.63, 3.8) is 0 Å². The van der Waals surface area contributed by atoms with Crippen LogP contribution in [0.3, 0.4) is 0 Å². The summed E-state index contributed by atoms with van der Waals surface area (Å²) in [5, 5.41) is 5.37. The number of carbonyl (C=O) groups excluding carboxylic acids is 1. The number of aromatic nitrogens is 3. The van der Waals surface area contributed by atoms with Gasteiger partial charge in [-0.05, 0) is 48.4 Å². The van der Waals surface area contributed by atoms with E-state index >= 15 is 0 Å². The number of pyridine rings is 1. The number of nitrogens with two attached hydrogens (primary N) is 1. The molecule has 0 unspecified atom stereocenters. The number of amides is 1. The lowest BCUT2D eigenvalue weighted by molar-refractivity contribution is 0.100. The molecule has 164 valence electrons. The summed E-state index contributed by atoms with van der Waals surface area (Å²) in [6, 6.07) is 12.3. The number of likely N-dealkylation sites (tertiary alicyclic amines) is 1. The number of primary amides is 1. The van der Waals surface area contributed by atoms with Crippen LogP contribution in [0.5, 0.6) is 5.75 Å². The van der Waals surface area contributed by atoms with E-state index in [9.17, 15) is 4.79 Å². The molecule has 1 atom stereocenters. The molecule has 1 aliphatic heterocycles. The van der Waals surface area contributed by atoms with E-state index in [4.69, 9.17) is 10.5 Å². The van der Waals surface area contributed by atoms with E-state index in [2.05, 4.69) is 27.1 Å². The molecule has 5 rings (SSSR count). The SMILES string of the molecule is COc1ccc(CN2CC[C@H](c3c(C(N)=O)sc4ncccc34)C2)cc1Cn1cccn1. The molecule has 8 heteroatoms. The molecule has 0 aliphatic carbocycles. The van der Waals surface area contributed by atoms with Crippen molar-refractivity contribution in [2.24, 2.45) is 5.73 Å². The van der Waals surface area contributed by atoms with E-state index in [-0.39, 0.29) is 11.8 Å². The Kier molecular flexibility index (Phi) is 5.63. The molecule has 1 fully saturated rings. The third-order valence-electron chi connectivity index (χ3n) is 6.05. The molecule has 0 radical (unpaired) electrons. The predicted octanol–water partition coefficient (Wildman–Crippen LogP) is 3.64. The van der Waals surface area contributed by atoms with E-state index in [1.807, 2.05) is 35.1 Å². The molecule has 1 aromatic carbocycles. The highest BCUT2D eigenvalue weighted by Gasteiger charge is 2.30. The van der Waals surface area contributed by atoms with Gasteiger partial charge in [0, 0.05) is 48.5 Å². The van der Waals surface area contributed by atoms with Crippen molar-refractivity contribution in [1.29, 1.82) is 0 Å². The maximum atomic E-state index is 12.1. The average Bonchev–Trinajstić information content (AvgIpc) is 3.53. The summed E-state index contributed by atoms with van der Waals surface area (Å²) >= 11 is 1.41. The quantitative estimate of drug-likeness (QED) is 0.467. The first-order valence-corrected chi connectivity index (χ1v) is 11.5. The van der Waals surface area contributed by atoms with E-state index in [0.29, 0.717) is 11.4 Å². The molecule has 4 aromatic rings. The van der Waals surface area contributed by atoms with Crippen molar-refractivity contribution in [1.82, 2.24) is 19.7 Å². The first-order chi connectivity index (χ1) is 15.6. The lowest BCUT2D eigenvalue weighted by Crippen LogP contribution is -2.20. The van der Waals surface area contributed by atoms with Gasteiger partial charge in [-0.15, -0.1) is 11.3 Å². The third-order valence-corrected chi connectivity index (χ3v) is 7.20. The van der Waals surface area contributed by atoms with Crippen LogP contribution in [-0.2, 0) is 13.1 Å². The van der Waals surface area contributed by atoms with Gasteiger partial charge in [-0.1, -0.05) is 12.1 Å². The number of rotatable bonds is 7. The fourth-order valence-electron chi connectivity index (χ4n) is 4.63. The van der Waals surface area contributed by atoms with Gasteiger partial charge in [0.1, 0.15) is 10.6 Å². The summed E-state index contributed by atoms with van der Waals surface area (Å²) in [6.07, 6.45) is 6.49. The van der Waals surface area contributed by atoms with Crippen LogP contribution in [0.25, 0.3) is 10.2 Å². The Morgan fingerprint density at radius 3 is 2.94 bits per heavy atom. The minimum atomic E-state index is -0.361. The predicted molar refractivity (Wildman–Crippen MR) is 125 cm³/mol. The van der Waals surface area contributed by atoms with Crippen molar-refractivity contribution in [3.05, 3.63) is 76.6 Å². The maximum absolute atomic E-state index is 12.1. The number of fused-ring (bicyclic) bond motifs is 1. The Hall–Kier alpha value is -3.23. The molecule has 0 saturated carbocycles. The van der Waals surface area contributed by atoms with Gasteiger partial charge in [0.2, 0.25) is 0 Å². The summed E-state index contributed by atoms with van der Waals surface area (Å²) < 4.78 is 7.46. The summed E-state index contributed by atoms with van der Waals surface area (Å²) in [5.41, 5.74) is 9.13. The first-order valence-electron chi connectivity index (χ1n) is 10.6. The van der Waals surface area contributed by atoms with Crippen LogP contribution in [0.15, 0.2) is 55.0 Å². The molecule has 0 spiro atoms. The van der Waals surface area contributed by atoms with Gasteiger partial charge < -0.3 is 10.5 Å². The summed E-state index contributed by atoms with van der Waals surface area (Å²) in [4.78, 5) is 20.5. The number of benzene rings is 1. The Balaban J connectivity index is 1.35. The average molecular weight is 448 g/mol. The minimum Gasteiger partial charge on any atom is -0.496 e. The highest BCUT2D eigenvalue weighted by Crippen LogP contribution is 2.39. The van der Waals surface area contributed by atoms with Crippen LogP contribution >= 0.6 is 11.3 Å². The normalized spacial score (nSPS) is 16.6. The first kappa shape index (κ1) is 20.7. The number of carbonyl (C=O) groups is 1. The Morgan fingerprint density at radius 2 is 2.16 bits per heavy atom. The van der Waals surface area contributed by atoms with Crippen LogP contribution in [0.1, 0.15) is 38.7 Å². The molecular formula is C24H25N5O2S. The van der Waals surface area contributed by atoms with Crippen molar-refractivity contribution < 1.29 is 9.53 Å². The second-order valence-electron chi connectivity index (χ2n) is 8.14. The van der Waals surface area contributed by atoms with Crippen molar-refractivity contribution in [2.45, 2.75) is 25.4 Å². The minimum absolute atomic E-state index is 0.275. The monoisotopic (exact) mass is 447 g/mol. The van der Waals surface area contributed by atoms with Crippen LogP contribution < -0.4 is 10.5 Å². The zero-order valence-corrected chi connectivity index (χ0v) is 18.7. The lowest BCUT2D eigenvalue weighted by atomic mass is 9.95. The molecule has 2 N–H and O–H groups in total. The smallest absolute Gasteiger partial charge is 0.259 e. The molecule has 32 heavy (non-hydrogen) atoms. The Labute approximate surface area is 190 Å². The molecule has 1 amide bonds. The van der Waals surface area contributed by atoms with E-state index in [1.54, 1.807) is 19.5 Å². The number of ether oxygens (including phenoxy) is 1. The topological polar surface area (TPSA) is 86.3 Å². The fourth-order valence-corrected chi connectivity index (χ4v) is 5.71. The maximum Gasteiger partial charge on any atom is 0.259 e. The van der Waals surface area contributed by atoms with Gasteiger partial charge in [0.15, 0.2) is 0 Å². The van der Waals surface area contributed by atoms with Crippen LogP contribution in [0.2, 0.25) is 0 Å². The van der Waals surface area contributed by atoms with Gasteiger partial charge in [0.05, 0.1) is 18.5 Å². The van der Waals surface area contributed by atoms with E-state index in [1.165, 1.54) is 16.9 Å². The standard InChI is InChI=1S/C24H25N5O2S/c1-31-20-6-5-16(12-18(20)15-29-10-3-9-27-29)13-28-11-7-17(14-28)21-19-4-2-8-26-24(19)32-22(21)23(25)30/h2-6,8-10,12,17H,7,11,13-15H2,1H3,(H2,25,30)/t17-/m0/s1. The van der Waals surface area contributed by atoms with Gasteiger partial charge in [-0.3, -0.25) is 14.4 Å². The van der Waals surface area contributed by atoms with Gasteiger partial charge >= 0.3 is 0 Å². The van der Waals surface area contributed by atoms with Gasteiger partial charge in [-0.25, -0.2) is 4.98 Å². The Bertz CT molecular complexity index is 1250. The lowest BCUT2D eigenvalue weighted by Gasteiger charge is -2.18. The summed E-state index contributed by atoms with van der Waals surface area (Å²) in [6.45, 7) is 3.38. The number of hydrogen-bond donors (Lipinski definition) is 1. The molecular weight excluding hydrogens is 422 g/mol. The van der Waals surface area contributed by atoms with E-state index < -0.39 is 0 Å². The zero-order chi connectivity index (χ0) is 22.1. The second-order valence-corrected chi connectivity index (χ2v) is 9.13. The van der Waals surface area contributed by atoms with Crippen molar-refractivity contribution >= 4 is 27.5 Å². The molecule has 1 aliphatic rings. The number of nitrogens with zero attached hydrogens (tertiary/aromatic N) is 4. The second kappa shape index (κ2) is 8.72. The fraction of sp³-hybridized carbons (Fsp3) is 0.292. The summed E-state index contributed by atoms with van der Waals surface area (Å²) in [5.74, 6) is 0.781. The van der Waals surface area contributed by atoms with Crippen molar-refractivity contribution in [2.75, 3.05) is 20.2 Å². The molecule has 4 heterocycles. The summed E-state index contributed by atoms with van der Waals surface area (Å²) in [7, 11) is 1.70. The van der Waals surface area contributed by atoms with Gasteiger partial charge in [-0.2, -0.15) is 5.10 Å². The zero-order valence-electron chi connectivity index (χ0n) is 17.9. The number of hydrogen-bond acceptors (Lipinski definition) is 6. The highest BCUT2D eigenvalue weighted by molar-refractivity contribution is 7.20. The molecule has 3 aromatic heterocycles. The molecule has 1 saturated heterocycles. The van der Waals surface area contributed by atoms with Gasteiger partial charge in [0.25, 0.3) is 5.91 Å².